The summed E-state index contributed by atoms with van der Waals surface area (Å²) in [5.41, 5.74) is 2.17. The van der Waals surface area contributed by atoms with Crippen molar-refractivity contribution in [3.8, 4) is 0 Å². The van der Waals surface area contributed by atoms with Crippen LogP contribution in [0.4, 0.5) is 0 Å². The Labute approximate surface area is 160 Å². The molecule has 1 aliphatic heterocycles. The molecule has 2 aromatic carbocycles. The van der Waals surface area contributed by atoms with Crippen LogP contribution in [0.15, 0.2) is 54.6 Å². The van der Waals surface area contributed by atoms with Gasteiger partial charge in [-0.25, -0.2) is 0 Å². The van der Waals surface area contributed by atoms with Crippen LogP contribution in [0.3, 0.4) is 0 Å². The molecule has 0 spiro atoms. The largest absolute Gasteiger partial charge is 0.341 e. The first-order valence-electron chi connectivity index (χ1n) is 9.49. The van der Waals surface area contributed by atoms with E-state index < -0.39 is 0 Å². The number of nitrogens with zero attached hydrogens (tertiary/aromatic N) is 2. The number of amides is 1. The van der Waals surface area contributed by atoms with Gasteiger partial charge in [0.2, 0.25) is 5.91 Å². The number of benzene rings is 2. The Balaban J connectivity index is 1.41. The van der Waals surface area contributed by atoms with Gasteiger partial charge >= 0.3 is 0 Å². The highest BCUT2D eigenvalue weighted by Crippen LogP contribution is 2.49. The Bertz CT molecular complexity index is 755. The molecule has 26 heavy (non-hydrogen) atoms. The van der Waals surface area contributed by atoms with Crippen LogP contribution >= 0.6 is 11.6 Å². The minimum Gasteiger partial charge on any atom is -0.341 e. The number of hydrogen-bond donors (Lipinski definition) is 0. The fourth-order valence-corrected chi connectivity index (χ4v) is 4.12. The Morgan fingerprint density at radius 3 is 2.35 bits per heavy atom. The van der Waals surface area contributed by atoms with E-state index in [4.69, 9.17) is 11.6 Å². The topological polar surface area (TPSA) is 23.6 Å². The van der Waals surface area contributed by atoms with Crippen LogP contribution in [0.1, 0.15) is 30.4 Å². The van der Waals surface area contributed by atoms with E-state index in [1.807, 2.05) is 24.3 Å². The lowest BCUT2D eigenvalue weighted by Crippen LogP contribution is -2.41. The van der Waals surface area contributed by atoms with Gasteiger partial charge in [0.1, 0.15) is 0 Å². The Hall–Kier alpha value is -1.84. The van der Waals surface area contributed by atoms with E-state index in [1.165, 1.54) is 5.56 Å². The quantitative estimate of drug-likeness (QED) is 0.810. The van der Waals surface area contributed by atoms with E-state index in [9.17, 15) is 4.79 Å². The zero-order chi connectivity index (χ0) is 18.0. The predicted octanol–water partition coefficient (Wildman–Crippen LogP) is 4.11. The summed E-state index contributed by atoms with van der Waals surface area (Å²) in [6.45, 7) is 4.63. The number of carbonyl (C=O) groups excluding carboxylic acids is 1. The molecule has 0 N–H and O–H groups in total. The minimum atomic E-state index is -0.292. The summed E-state index contributed by atoms with van der Waals surface area (Å²) in [5.74, 6) is 0.307. The first-order valence-corrected chi connectivity index (χ1v) is 9.87. The molecule has 0 aromatic heterocycles. The molecule has 2 fully saturated rings. The molecular formula is C22H25ClN2O. The SMILES string of the molecule is O=C(N1CCCN(Cc2ccccc2)CC1)C1(c2ccc(Cl)cc2)CC1. The Kier molecular flexibility index (Phi) is 5.01. The van der Waals surface area contributed by atoms with Crippen molar-refractivity contribution in [2.45, 2.75) is 31.2 Å². The maximum Gasteiger partial charge on any atom is 0.233 e. The third-order valence-electron chi connectivity index (χ3n) is 5.68. The third-order valence-corrected chi connectivity index (χ3v) is 5.93. The summed E-state index contributed by atoms with van der Waals surface area (Å²) in [4.78, 5) is 17.8. The summed E-state index contributed by atoms with van der Waals surface area (Å²) in [6.07, 6.45) is 2.95. The Morgan fingerprint density at radius 1 is 0.923 bits per heavy atom. The number of rotatable bonds is 4. The summed E-state index contributed by atoms with van der Waals surface area (Å²) in [6, 6.07) is 18.4. The van der Waals surface area contributed by atoms with Gasteiger partial charge in [0.25, 0.3) is 0 Å². The number of hydrogen-bond acceptors (Lipinski definition) is 2. The molecule has 1 amide bonds. The maximum absolute atomic E-state index is 13.3. The van der Waals surface area contributed by atoms with Crippen molar-refractivity contribution in [1.29, 1.82) is 0 Å². The van der Waals surface area contributed by atoms with Crippen molar-refractivity contribution in [3.63, 3.8) is 0 Å². The van der Waals surface area contributed by atoms with Crippen LogP contribution in [0, 0.1) is 0 Å². The molecule has 2 aromatic rings. The molecule has 0 unspecified atom stereocenters. The average Bonchev–Trinajstić information content (AvgIpc) is 3.48. The molecule has 1 saturated heterocycles. The van der Waals surface area contributed by atoms with Crippen LogP contribution in [-0.2, 0) is 16.8 Å². The zero-order valence-electron chi connectivity index (χ0n) is 15.0. The van der Waals surface area contributed by atoms with E-state index >= 15 is 0 Å². The highest BCUT2D eigenvalue weighted by Gasteiger charge is 2.52. The highest BCUT2D eigenvalue weighted by molar-refractivity contribution is 6.30. The molecule has 1 heterocycles. The fraction of sp³-hybridized carbons (Fsp3) is 0.409. The van der Waals surface area contributed by atoms with E-state index in [0.29, 0.717) is 5.91 Å². The molecule has 0 atom stereocenters. The molecule has 0 bridgehead atoms. The minimum absolute atomic E-state index is 0.292. The standard InChI is InChI=1S/C22H25ClN2O/c23-20-9-7-19(8-10-20)22(11-12-22)21(26)25-14-4-13-24(15-16-25)17-18-5-2-1-3-6-18/h1-3,5-10H,4,11-17H2. The summed E-state index contributed by atoms with van der Waals surface area (Å²) in [5, 5.41) is 0.725. The van der Waals surface area contributed by atoms with Gasteiger partial charge in [-0.15, -0.1) is 0 Å². The van der Waals surface area contributed by atoms with Gasteiger partial charge in [0, 0.05) is 37.7 Å². The van der Waals surface area contributed by atoms with Crippen molar-refractivity contribution in [2.24, 2.45) is 0 Å². The third kappa shape index (κ3) is 3.65. The van der Waals surface area contributed by atoms with Crippen molar-refractivity contribution in [3.05, 3.63) is 70.7 Å². The van der Waals surface area contributed by atoms with Gasteiger partial charge in [0.05, 0.1) is 5.41 Å². The lowest BCUT2D eigenvalue weighted by Gasteiger charge is -2.27. The summed E-state index contributed by atoms with van der Waals surface area (Å²) >= 11 is 6.01. The van der Waals surface area contributed by atoms with Crippen molar-refractivity contribution in [1.82, 2.24) is 9.80 Å². The van der Waals surface area contributed by atoms with Gasteiger partial charge in [0.15, 0.2) is 0 Å². The van der Waals surface area contributed by atoms with Gasteiger partial charge in [-0.3, -0.25) is 9.69 Å². The van der Waals surface area contributed by atoms with Gasteiger partial charge in [-0.05, 0) is 42.5 Å². The predicted molar refractivity (Wildman–Crippen MR) is 105 cm³/mol. The fourth-order valence-electron chi connectivity index (χ4n) is 4.00. The van der Waals surface area contributed by atoms with Crippen molar-refractivity contribution >= 4 is 17.5 Å². The molecule has 4 heteroatoms. The van der Waals surface area contributed by atoms with Crippen molar-refractivity contribution < 1.29 is 4.79 Å². The first-order chi connectivity index (χ1) is 12.7. The van der Waals surface area contributed by atoms with Crippen LogP contribution in [0.5, 0.6) is 0 Å². The lowest BCUT2D eigenvalue weighted by atomic mass is 9.94. The molecule has 1 aliphatic carbocycles. The highest BCUT2D eigenvalue weighted by atomic mass is 35.5. The van der Waals surface area contributed by atoms with E-state index in [-0.39, 0.29) is 5.41 Å². The second kappa shape index (κ2) is 7.42. The van der Waals surface area contributed by atoms with Crippen LogP contribution in [-0.4, -0.2) is 41.9 Å². The van der Waals surface area contributed by atoms with Crippen LogP contribution in [0.2, 0.25) is 5.02 Å². The molecular weight excluding hydrogens is 344 g/mol. The van der Waals surface area contributed by atoms with Crippen molar-refractivity contribution in [2.75, 3.05) is 26.2 Å². The van der Waals surface area contributed by atoms with E-state index in [2.05, 4.69) is 40.1 Å². The molecule has 2 aliphatic rings. The normalized spacial score (nSPS) is 19.8. The summed E-state index contributed by atoms with van der Waals surface area (Å²) < 4.78 is 0. The number of halogens is 1. The Morgan fingerprint density at radius 2 is 1.65 bits per heavy atom. The molecule has 1 saturated carbocycles. The zero-order valence-corrected chi connectivity index (χ0v) is 15.8. The van der Waals surface area contributed by atoms with Crippen LogP contribution < -0.4 is 0 Å². The molecule has 136 valence electrons. The molecule has 3 nitrogen and oxygen atoms in total. The van der Waals surface area contributed by atoms with E-state index in [1.54, 1.807) is 0 Å². The van der Waals surface area contributed by atoms with Crippen LogP contribution in [0.25, 0.3) is 0 Å². The van der Waals surface area contributed by atoms with Gasteiger partial charge in [-0.1, -0.05) is 54.1 Å². The molecule has 0 radical (unpaired) electrons. The smallest absolute Gasteiger partial charge is 0.233 e. The molecule has 4 rings (SSSR count). The lowest BCUT2D eigenvalue weighted by molar-refractivity contribution is -0.133. The average molecular weight is 369 g/mol. The summed E-state index contributed by atoms with van der Waals surface area (Å²) in [7, 11) is 0. The first kappa shape index (κ1) is 17.6. The monoisotopic (exact) mass is 368 g/mol. The van der Waals surface area contributed by atoms with Gasteiger partial charge in [-0.2, -0.15) is 0 Å². The second-order valence-electron chi connectivity index (χ2n) is 7.50. The van der Waals surface area contributed by atoms with Gasteiger partial charge < -0.3 is 4.90 Å². The van der Waals surface area contributed by atoms with E-state index in [0.717, 1.165) is 62.6 Å². The second-order valence-corrected chi connectivity index (χ2v) is 7.93. The maximum atomic E-state index is 13.3. The number of carbonyl (C=O) groups is 1.